The Hall–Kier alpha value is -1.47. The van der Waals surface area contributed by atoms with E-state index in [0.717, 1.165) is 33.8 Å². The van der Waals surface area contributed by atoms with Crippen LogP contribution in [0, 0.1) is 13.8 Å². The zero-order valence-electron chi connectivity index (χ0n) is 12.7. The molecule has 0 amide bonds. The minimum Gasteiger partial charge on any atom is -0.306 e. The van der Waals surface area contributed by atoms with Crippen molar-refractivity contribution in [1.29, 1.82) is 0 Å². The molecule has 114 valence electrons. The molecule has 7 heteroatoms. The van der Waals surface area contributed by atoms with Crippen LogP contribution in [0.25, 0.3) is 10.2 Å². The number of rotatable bonds is 2. The van der Waals surface area contributed by atoms with E-state index in [1.54, 1.807) is 29.4 Å². The topological polar surface area (TPSA) is 56.5 Å². The molecule has 0 radical (unpaired) electrons. The number of thiophene rings is 1. The van der Waals surface area contributed by atoms with E-state index in [-0.39, 0.29) is 0 Å². The fraction of sp³-hybridized carbons (Fsp3) is 0.467. The molecule has 3 aromatic rings. The van der Waals surface area contributed by atoms with Crippen LogP contribution in [0.4, 0.5) is 0 Å². The molecule has 0 aromatic carbocycles. The molecule has 0 aliphatic carbocycles. The molecule has 3 aromatic heterocycles. The van der Waals surface area contributed by atoms with Gasteiger partial charge in [-0.3, -0.25) is 0 Å². The first kappa shape index (κ1) is 14.1. The minimum atomic E-state index is 0.958. The van der Waals surface area contributed by atoms with Crippen LogP contribution in [-0.2, 0) is 13.0 Å². The largest absolute Gasteiger partial charge is 0.306 e. The fourth-order valence-electron chi connectivity index (χ4n) is 2.85. The Kier molecular flexibility index (Phi) is 3.62. The maximum absolute atomic E-state index is 4.51. The average Bonchev–Trinajstić information content (AvgIpc) is 2.92. The molecule has 0 unspecified atom stereocenters. The number of hydrogen-bond donors (Lipinski definition) is 0. The maximum atomic E-state index is 4.51. The van der Waals surface area contributed by atoms with Crippen LogP contribution in [0.5, 0.6) is 0 Å². The number of aryl methyl sites for hydroxylation is 3. The van der Waals surface area contributed by atoms with Gasteiger partial charge in [-0.05, 0) is 44.0 Å². The maximum Gasteiger partial charge on any atom is 0.197 e. The quantitative estimate of drug-likeness (QED) is 0.669. The molecule has 1 aliphatic heterocycles. The Morgan fingerprint density at radius 1 is 1.14 bits per heavy atom. The van der Waals surface area contributed by atoms with E-state index >= 15 is 0 Å². The van der Waals surface area contributed by atoms with Crippen molar-refractivity contribution < 1.29 is 0 Å². The standard InChI is InChI=1S/C15H17N5S2/c1-9-10(2)21-13-12(9)14(17-8-16-13)22-15-19-18-11-6-4-3-5-7-20(11)15/h8H,3-7H2,1-2H3. The highest BCUT2D eigenvalue weighted by molar-refractivity contribution is 7.99. The van der Waals surface area contributed by atoms with Gasteiger partial charge in [0.25, 0.3) is 0 Å². The zero-order chi connectivity index (χ0) is 15.1. The Morgan fingerprint density at radius 3 is 2.95 bits per heavy atom. The van der Waals surface area contributed by atoms with Crippen molar-refractivity contribution in [2.45, 2.75) is 56.3 Å². The predicted octanol–water partition coefficient (Wildman–Crippen LogP) is 3.78. The van der Waals surface area contributed by atoms with Gasteiger partial charge in [-0.2, -0.15) is 0 Å². The Balaban J connectivity index is 1.77. The van der Waals surface area contributed by atoms with Crippen LogP contribution in [-0.4, -0.2) is 24.7 Å². The first-order chi connectivity index (χ1) is 10.7. The van der Waals surface area contributed by atoms with E-state index in [1.165, 1.54) is 35.1 Å². The Morgan fingerprint density at radius 2 is 2.05 bits per heavy atom. The summed E-state index contributed by atoms with van der Waals surface area (Å²) in [6, 6.07) is 0. The Bertz CT molecular complexity index is 836. The normalized spacial score (nSPS) is 15.0. The molecule has 4 heterocycles. The summed E-state index contributed by atoms with van der Waals surface area (Å²) in [6.07, 6.45) is 6.37. The summed E-state index contributed by atoms with van der Waals surface area (Å²) in [4.78, 5) is 11.3. The minimum absolute atomic E-state index is 0.958. The number of hydrogen-bond acceptors (Lipinski definition) is 6. The zero-order valence-corrected chi connectivity index (χ0v) is 14.3. The highest BCUT2D eigenvalue weighted by Gasteiger charge is 2.19. The van der Waals surface area contributed by atoms with Crippen molar-refractivity contribution in [1.82, 2.24) is 24.7 Å². The summed E-state index contributed by atoms with van der Waals surface area (Å²) in [5.41, 5.74) is 1.28. The molecular formula is C15H17N5S2. The van der Waals surface area contributed by atoms with E-state index in [2.05, 4.69) is 38.6 Å². The van der Waals surface area contributed by atoms with E-state index in [0.29, 0.717) is 0 Å². The SMILES string of the molecule is Cc1sc2ncnc(Sc3nnc4n3CCCCC4)c2c1C. The second-order valence-electron chi connectivity index (χ2n) is 5.61. The number of nitrogens with zero attached hydrogens (tertiary/aromatic N) is 5. The lowest BCUT2D eigenvalue weighted by Gasteiger charge is -2.06. The molecule has 4 rings (SSSR count). The third-order valence-corrected chi connectivity index (χ3v) is 6.30. The molecule has 0 fully saturated rings. The van der Waals surface area contributed by atoms with Crippen molar-refractivity contribution in [2.24, 2.45) is 0 Å². The lowest BCUT2D eigenvalue weighted by atomic mass is 10.2. The first-order valence-electron chi connectivity index (χ1n) is 7.54. The van der Waals surface area contributed by atoms with Crippen LogP contribution in [0.15, 0.2) is 16.5 Å². The summed E-state index contributed by atoms with van der Waals surface area (Å²) in [7, 11) is 0. The van der Waals surface area contributed by atoms with Gasteiger partial charge >= 0.3 is 0 Å². The van der Waals surface area contributed by atoms with Gasteiger partial charge in [0.15, 0.2) is 5.16 Å². The number of fused-ring (bicyclic) bond motifs is 2. The van der Waals surface area contributed by atoms with Crippen molar-refractivity contribution in [3.05, 3.63) is 22.6 Å². The van der Waals surface area contributed by atoms with E-state index in [9.17, 15) is 0 Å². The van der Waals surface area contributed by atoms with Crippen LogP contribution in [0.3, 0.4) is 0 Å². The highest BCUT2D eigenvalue weighted by atomic mass is 32.2. The summed E-state index contributed by atoms with van der Waals surface area (Å²) < 4.78 is 2.26. The number of aromatic nitrogens is 5. The average molecular weight is 331 g/mol. The van der Waals surface area contributed by atoms with Crippen molar-refractivity contribution in [3.63, 3.8) is 0 Å². The second-order valence-corrected chi connectivity index (χ2v) is 7.76. The van der Waals surface area contributed by atoms with Gasteiger partial charge in [0, 0.05) is 23.2 Å². The van der Waals surface area contributed by atoms with Crippen LogP contribution in [0.1, 0.15) is 35.5 Å². The molecule has 5 nitrogen and oxygen atoms in total. The predicted molar refractivity (Wildman–Crippen MR) is 88.6 cm³/mol. The smallest absolute Gasteiger partial charge is 0.197 e. The molecule has 0 spiro atoms. The molecule has 22 heavy (non-hydrogen) atoms. The lowest BCUT2D eigenvalue weighted by molar-refractivity contribution is 0.591. The van der Waals surface area contributed by atoms with Gasteiger partial charge < -0.3 is 4.57 Å². The summed E-state index contributed by atoms with van der Waals surface area (Å²) >= 11 is 3.35. The summed E-state index contributed by atoms with van der Waals surface area (Å²) in [5, 5.41) is 11.9. The van der Waals surface area contributed by atoms with Gasteiger partial charge in [-0.1, -0.05) is 6.42 Å². The van der Waals surface area contributed by atoms with Crippen LogP contribution in [0.2, 0.25) is 0 Å². The Labute approximate surface area is 137 Å². The van der Waals surface area contributed by atoms with Crippen molar-refractivity contribution in [3.8, 4) is 0 Å². The molecule has 0 N–H and O–H groups in total. The van der Waals surface area contributed by atoms with E-state index < -0.39 is 0 Å². The third-order valence-electron chi connectivity index (χ3n) is 4.19. The lowest BCUT2D eigenvalue weighted by Crippen LogP contribution is -2.02. The fourth-order valence-corrected chi connectivity index (χ4v) is 4.92. The summed E-state index contributed by atoms with van der Waals surface area (Å²) in [6.45, 7) is 5.30. The highest BCUT2D eigenvalue weighted by Crippen LogP contribution is 2.37. The van der Waals surface area contributed by atoms with Crippen molar-refractivity contribution >= 4 is 33.3 Å². The van der Waals surface area contributed by atoms with Gasteiger partial charge in [0.2, 0.25) is 0 Å². The van der Waals surface area contributed by atoms with Gasteiger partial charge in [0.05, 0.1) is 0 Å². The van der Waals surface area contributed by atoms with E-state index in [4.69, 9.17) is 0 Å². The molecule has 0 saturated carbocycles. The molecule has 1 aliphatic rings. The van der Waals surface area contributed by atoms with Crippen LogP contribution >= 0.6 is 23.1 Å². The summed E-state index contributed by atoms with van der Waals surface area (Å²) in [5.74, 6) is 1.11. The van der Waals surface area contributed by atoms with Gasteiger partial charge in [-0.25, -0.2) is 9.97 Å². The van der Waals surface area contributed by atoms with E-state index in [1.807, 2.05) is 0 Å². The second kappa shape index (κ2) is 5.62. The third kappa shape index (κ3) is 2.32. The molecule has 0 saturated heterocycles. The molecule has 0 atom stereocenters. The monoisotopic (exact) mass is 331 g/mol. The van der Waals surface area contributed by atoms with Crippen LogP contribution < -0.4 is 0 Å². The van der Waals surface area contributed by atoms with Gasteiger partial charge in [0.1, 0.15) is 22.0 Å². The molecule has 0 bridgehead atoms. The van der Waals surface area contributed by atoms with Gasteiger partial charge in [-0.15, -0.1) is 21.5 Å². The molecular weight excluding hydrogens is 314 g/mol. The van der Waals surface area contributed by atoms with Crippen molar-refractivity contribution in [2.75, 3.05) is 0 Å². The first-order valence-corrected chi connectivity index (χ1v) is 9.18.